The lowest BCUT2D eigenvalue weighted by molar-refractivity contribution is -0.128. The van der Waals surface area contributed by atoms with Crippen LogP contribution in [0.15, 0.2) is 24.3 Å². The fourth-order valence-electron chi connectivity index (χ4n) is 4.26. The maximum absolute atomic E-state index is 12.3. The average molecular weight is 372 g/mol. The second kappa shape index (κ2) is 9.88. The molecular formula is C22H33N3O2. The molecule has 27 heavy (non-hydrogen) atoms. The summed E-state index contributed by atoms with van der Waals surface area (Å²) < 4.78 is 0. The summed E-state index contributed by atoms with van der Waals surface area (Å²) in [6, 6.07) is 8.37. The minimum Gasteiger partial charge on any atom is -0.352 e. The number of likely N-dealkylation sites (tertiary alicyclic amines) is 2. The SMILES string of the molecule is CC[C@H]1CCCCN1CCCNC(=O)c1ccc(CN2CCCC2=O)cc1. The Morgan fingerprint density at radius 1 is 1.15 bits per heavy atom. The number of carbonyl (C=O) groups excluding carboxylic acids is 2. The summed E-state index contributed by atoms with van der Waals surface area (Å²) in [7, 11) is 0. The van der Waals surface area contributed by atoms with Crippen LogP contribution in [0.5, 0.6) is 0 Å². The molecule has 2 fully saturated rings. The molecule has 2 aliphatic heterocycles. The highest BCUT2D eigenvalue weighted by Gasteiger charge is 2.21. The Bertz CT molecular complexity index is 629. The van der Waals surface area contributed by atoms with E-state index in [-0.39, 0.29) is 11.8 Å². The number of nitrogens with one attached hydrogen (secondary N) is 1. The highest BCUT2D eigenvalue weighted by molar-refractivity contribution is 5.94. The van der Waals surface area contributed by atoms with Crippen molar-refractivity contribution < 1.29 is 9.59 Å². The van der Waals surface area contributed by atoms with E-state index in [4.69, 9.17) is 0 Å². The number of nitrogens with zero attached hydrogens (tertiary/aromatic N) is 2. The van der Waals surface area contributed by atoms with Crippen molar-refractivity contribution in [2.24, 2.45) is 0 Å². The number of amides is 2. The molecule has 0 unspecified atom stereocenters. The molecule has 5 nitrogen and oxygen atoms in total. The van der Waals surface area contributed by atoms with Gasteiger partial charge in [0, 0.05) is 44.2 Å². The van der Waals surface area contributed by atoms with Gasteiger partial charge in [0.1, 0.15) is 0 Å². The molecule has 0 bridgehead atoms. The molecule has 1 atom stereocenters. The van der Waals surface area contributed by atoms with E-state index in [2.05, 4.69) is 17.1 Å². The number of benzene rings is 1. The van der Waals surface area contributed by atoms with Gasteiger partial charge in [-0.05, 0) is 56.3 Å². The third kappa shape index (κ3) is 5.55. The van der Waals surface area contributed by atoms with Gasteiger partial charge in [-0.25, -0.2) is 0 Å². The first-order valence-corrected chi connectivity index (χ1v) is 10.6. The Morgan fingerprint density at radius 3 is 2.67 bits per heavy atom. The number of carbonyl (C=O) groups is 2. The van der Waals surface area contributed by atoms with Crippen LogP contribution in [0.25, 0.3) is 0 Å². The Kier molecular flexibility index (Phi) is 7.27. The van der Waals surface area contributed by atoms with Crippen molar-refractivity contribution in [3.63, 3.8) is 0 Å². The van der Waals surface area contributed by atoms with Crippen LogP contribution in [0.3, 0.4) is 0 Å². The van der Waals surface area contributed by atoms with Gasteiger partial charge in [0.2, 0.25) is 5.91 Å². The average Bonchev–Trinajstić information content (AvgIpc) is 3.10. The molecule has 1 N–H and O–H groups in total. The smallest absolute Gasteiger partial charge is 0.251 e. The maximum atomic E-state index is 12.3. The van der Waals surface area contributed by atoms with Gasteiger partial charge in [0.25, 0.3) is 5.91 Å². The monoisotopic (exact) mass is 371 g/mol. The zero-order valence-corrected chi connectivity index (χ0v) is 16.6. The van der Waals surface area contributed by atoms with Gasteiger partial charge >= 0.3 is 0 Å². The highest BCUT2D eigenvalue weighted by atomic mass is 16.2. The highest BCUT2D eigenvalue weighted by Crippen LogP contribution is 2.19. The lowest BCUT2D eigenvalue weighted by Gasteiger charge is -2.35. The van der Waals surface area contributed by atoms with E-state index in [0.717, 1.165) is 44.1 Å². The minimum atomic E-state index is -0.00974. The molecule has 2 amide bonds. The molecule has 0 radical (unpaired) electrons. The Hall–Kier alpha value is -1.88. The zero-order chi connectivity index (χ0) is 19.1. The predicted molar refractivity (Wildman–Crippen MR) is 108 cm³/mol. The van der Waals surface area contributed by atoms with Crippen LogP contribution in [0.2, 0.25) is 0 Å². The molecule has 0 spiro atoms. The van der Waals surface area contributed by atoms with E-state index in [9.17, 15) is 9.59 Å². The minimum absolute atomic E-state index is 0.00974. The Morgan fingerprint density at radius 2 is 1.96 bits per heavy atom. The summed E-state index contributed by atoms with van der Waals surface area (Å²) in [6.07, 6.45) is 7.82. The molecule has 0 saturated carbocycles. The molecule has 3 rings (SSSR count). The third-order valence-electron chi connectivity index (χ3n) is 5.89. The molecule has 2 saturated heterocycles. The van der Waals surface area contributed by atoms with E-state index in [0.29, 0.717) is 18.5 Å². The number of hydrogen-bond donors (Lipinski definition) is 1. The maximum Gasteiger partial charge on any atom is 0.251 e. The number of hydrogen-bond acceptors (Lipinski definition) is 3. The number of rotatable bonds is 8. The van der Waals surface area contributed by atoms with E-state index >= 15 is 0 Å². The Labute approximate surface area is 163 Å². The topological polar surface area (TPSA) is 52.7 Å². The zero-order valence-electron chi connectivity index (χ0n) is 16.6. The van der Waals surface area contributed by atoms with Gasteiger partial charge in [-0.1, -0.05) is 25.5 Å². The van der Waals surface area contributed by atoms with Crippen LogP contribution in [-0.4, -0.2) is 53.8 Å². The summed E-state index contributed by atoms with van der Waals surface area (Å²) in [5.41, 5.74) is 1.77. The Balaban J connectivity index is 1.39. The lowest BCUT2D eigenvalue weighted by Crippen LogP contribution is -2.40. The van der Waals surface area contributed by atoms with Gasteiger partial charge in [-0.3, -0.25) is 9.59 Å². The largest absolute Gasteiger partial charge is 0.352 e. The third-order valence-corrected chi connectivity index (χ3v) is 5.89. The molecule has 148 valence electrons. The second-order valence-electron chi connectivity index (χ2n) is 7.82. The lowest BCUT2D eigenvalue weighted by atomic mass is 10.00. The van der Waals surface area contributed by atoms with Gasteiger partial charge in [-0.2, -0.15) is 0 Å². The fraction of sp³-hybridized carbons (Fsp3) is 0.636. The summed E-state index contributed by atoms with van der Waals surface area (Å²) in [5.74, 6) is 0.223. The van der Waals surface area contributed by atoms with Crippen molar-refractivity contribution in [3.05, 3.63) is 35.4 Å². The first kappa shape index (κ1) is 19.9. The van der Waals surface area contributed by atoms with E-state index in [1.54, 1.807) is 0 Å². The fourth-order valence-corrected chi connectivity index (χ4v) is 4.26. The molecule has 1 aromatic rings. The normalized spacial score (nSPS) is 20.9. The van der Waals surface area contributed by atoms with Gasteiger partial charge in [-0.15, -0.1) is 0 Å². The summed E-state index contributed by atoms with van der Waals surface area (Å²) in [4.78, 5) is 28.5. The van der Waals surface area contributed by atoms with Crippen LogP contribution in [0.1, 0.15) is 67.8 Å². The van der Waals surface area contributed by atoms with Crippen molar-refractivity contribution in [1.82, 2.24) is 15.1 Å². The molecule has 5 heteroatoms. The molecule has 0 aliphatic carbocycles. The predicted octanol–water partition coefficient (Wildman–Crippen LogP) is 3.19. The van der Waals surface area contributed by atoms with E-state index in [1.807, 2.05) is 29.2 Å². The van der Waals surface area contributed by atoms with Crippen molar-refractivity contribution >= 4 is 11.8 Å². The second-order valence-corrected chi connectivity index (χ2v) is 7.82. The first-order chi connectivity index (χ1) is 13.2. The molecular weight excluding hydrogens is 338 g/mol. The van der Waals surface area contributed by atoms with E-state index in [1.165, 1.54) is 32.2 Å². The van der Waals surface area contributed by atoms with Crippen LogP contribution >= 0.6 is 0 Å². The van der Waals surface area contributed by atoms with Crippen molar-refractivity contribution in [3.8, 4) is 0 Å². The van der Waals surface area contributed by atoms with Crippen molar-refractivity contribution in [2.75, 3.05) is 26.2 Å². The van der Waals surface area contributed by atoms with Crippen LogP contribution in [0, 0.1) is 0 Å². The van der Waals surface area contributed by atoms with Crippen molar-refractivity contribution in [1.29, 1.82) is 0 Å². The standard InChI is InChI=1S/C22H33N3O2/c1-2-20-7-3-4-14-24(20)16-6-13-23-22(27)19-11-9-18(10-12-19)17-25-15-5-8-21(25)26/h9-12,20H,2-8,13-17H2,1H3,(H,23,27)/t20-/m0/s1. The molecule has 0 aromatic heterocycles. The van der Waals surface area contributed by atoms with Gasteiger partial charge < -0.3 is 15.1 Å². The van der Waals surface area contributed by atoms with Crippen LogP contribution in [-0.2, 0) is 11.3 Å². The number of piperidine rings is 1. The first-order valence-electron chi connectivity index (χ1n) is 10.6. The van der Waals surface area contributed by atoms with E-state index < -0.39 is 0 Å². The molecule has 2 heterocycles. The van der Waals surface area contributed by atoms with Crippen molar-refractivity contribution in [2.45, 2.75) is 64.5 Å². The van der Waals surface area contributed by atoms with Gasteiger partial charge in [0.05, 0.1) is 0 Å². The molecule has 1 aromatic carbocycles. The summed E-state index contributed by atoms with van der Waals surface area (Å²) in [6.45, 7) is 6.75. The quantitative estimate of drug-likeness (QED) is 0.714. The van der Waals surface area contributed by atoms with Gasteiger partial charge in [0.15, 0.2) is 0 Å². The summed E-state index contributed by atoms with van der Waals surface area (Å²) >= 11 is 0. The van der Waals surface area contributed by atoms with Crippen LogP contribution in [0.4, 0.5) is 0 Å². The van der Waals surface area contributed by atoms with Crippen LogP contribution < -0.4 is 5.32 Å². The molecule has 2 aliphatic rings. The summed E-state index contributed by atoms with van der Waals surface area (Å²) in [5, 5.41) is 3.04.